The monoisotopic (exact) mass is 285 g/mol. The number of rotatable bonds is 1. The molecular formula is C12H12ClNO3S. The first-order valence-corrected chi connectivity index (χ1v) is 7.43. The smallest absolute Gasteiger partial charge is 0.235 e. The van der Waals surface area contributed by atoms with Crippen molar-refractivity contribution in [3.8, 4) is 11.8 Å². The second-order valence-corrected chi connectivity index (χ2v) is 6.31. The van der Waals surface area contributed by atoms with Crippen LogP contribution in [0.5, 0.6) is 0 Å². The molecule has 0 aromatic heterocycles. The molecule has 0 radical (unpaired) electrons. The van der Waals surface area contributed by atoms with Crippen molar-refractivity contribution in [1.29, 1.82) is 0 Å². The van der Waals surface area contributed by atoms with Gasteiger partial charge >= 0.3 is 0 Å². The summed E-state index contributed by atoms with van der Waals surface area (Å²) in [5, 5.41) is 9.17. The summed E-state index contributed by atoms with van der Waals surface area (Å²) in [6.07, 6.45) is 0.599. The highest BCUT2D eigenvalue weighted by Gasteiger charge is 2.29. The maximum atomic E-state index is 11.9. The van der Waals surface area contributed by atoms with Gasteiger partial charge in [-0.25, -0.2) is 8.42 Å². The third-order valence-electron chi connectivity index (χ3n) is 2.63. The Kier molecular flexibility index (Phi) is 3.81. The lowest BCUT2D eigenvalue weighted by molar-refractivity contribution is 0.350. The number of hydrogen-bond donors (Lipinski definition) is 1. The second-order valence-electron chi connectivity index (χ2n) is 3.86. The highest BCUT2D eigenvalue weighted by atomic mass is 35.5. The van der Waals surface area contributed by atoms with E-state index in [9.17, 15) is 8.42 Å². The Bertz CT molecular complexity index is 616. The standard InChI is InChI=1S/C12H12ClNO3S/c13-11-5-4-10(3-1-7-15)12(9-11)14-6-2-8-18(14,16)17/h4-5,9,15H,2,6-8H2. The van der Waals surface area contributed by atoms with Crippen molar-refractivity contribution in [3.05, 3.63) is 28.8 Å². The molecule has 1 saturated heterocycles. The number of aliphatic hydroxyl groups excluding tert-OH is 1. The van der Waals surface area contributed by atoms with Crippen LogP contribution in [-0.4, -0.2) is 32.4 Å². The lowest BCUT2D eigenvalue weighted by Crippen LogP contribution is -2.25. The number of anilines is 1. The fourth-order valence-electron chi connectivity index (χ4n) is 1.86. The fourth-order valence-corrected chi connectivity index (χ4v) is 3.60. The molecule has 2 rings (SSSR count). The van der Waals surface area contributed by atoms with Crippen molar-refractivity contribution in [1.82, 2.24) is 0 Å². The van der Waals surface area contributed by atoms with Crippen LogP contribution in [0.15, 0.2) is 18.2 Å². The van der Waals surface area contributed by atoms with E-state index in [1.165, 1.54) is 4.31 Å². The number of nitrogens with zero attached hydrogens (tertiary/aromatic N) is 1. The summed E-state index contributed by atoms with van der Waals surface area (Å²) in [4.78, 5) is 0. The Morgan fingerprint density at radius 1 is 1.44 bits per heavy atom. The van der Waals surface area contributed by atoms with Crippen molar-refractivity contribution < 1.29 is 13.5 Å². The third kappa shape index (κ3) is 2.61. The van der Waals surface area contributed by atoms with Gasteiger partial charge in [0.25, 0.3) is 0 Å². The van der Waals surface area contributed by atoms with Gasteiger partial charge in [-0.2, -0.15) is 0 Å². The molecule has 4 nitrogen and oxygen atoms in total. The lowest BCUT2D eigenvalue weighted by Gasteiger charge is -2.18. The molecule has 0 unspecified atom stereocenters. The van der Waals surface area contributed by atoms with Gasteiger partial charge in [-0.1, -0.05) is 23.4 Å². The Balaban J connectivity index is 2.52. The molecule has 1 aromatic carbocycles. The van der Waals surface area contributed by atoms with Crippen LogP contribution < -0.4 is 4.31 Å². The van der Waals surface area contributed by atoms with Crippen LogP contribution in [0.25, 0.3) is 0 Å². The SMILES string of the molecule is O=S1(=O)CCCN1c1cc(Cl)ccc1C#CCO. The molecular weight excluding hydrogens is 274 g/mol. The van der Waals surface area contributed by atoms with Crippen molar-refractivity contribution in [2.75, 3.05) is 23.2 Å². The summed E-state index contributed by atoms with van der Waals surface area (Å²) in [6, 6.07) is 4.90. The van der Waals surface area contributed by atoms with Gasteiger partial charge in [0, 0.05) is 17.1 Å². The molecule has 0 aliphatic carbocycles. The average Bonchev–Trinajstić information content (AvgIpc) is 2.67. The van der Waals surface area contributed by atoms with Gasteiger partial charge < -0.3 is 5.11 Å². The number of sulfonamides is 1. The molecule has 0 saturated carbocycles. The Labute approximate surface area is 111 Å². The predicted octanol–water partition coefficient (Wildman–Crippen LogP) is 1.22. The van der Waals surface area contributed by atoms with E-state index in [-0.39, 0.29) is 12.4 Å². The van der Waals surface area contributed by atoms with Gasteiger partial charge in [0.2, 0.25) is 10.0 Å². The summed E-state index contributed by atoms with van der Waals surface area (Å²) in [5.74, 6) is 5.40. The number of hydrogen-bond acceptors (Lipinski definition) is 3. The summed E-state index contributed by atoms with van der Waals surface area (Å²) >= 11 is 5.90. The molecule has 0 amide bonds. The molecule has 0 atom stereocenters. The van der Waals surface area contributed by atoms with Crippen molar-refractivity contribution in [3.63, 3.8) is 0 Å². The van der Waals surface area contributed by atoms with E-state index in [2.05, 4.69) is 11.8 Å². The quantitative estimate of drug-likeness (QED) is 0.790. The number of benzene rings is 1. The third-order valence-corrected chi connectivity index (χ3v) is 4.72. The van der Waals surface area contributed by atoms with E-state index in [0.717, 1.165) is 0 Å². The van der Waals surface area contributed by atoms with Gasteiger partial charge in [0.15, 0.2) is 0 Å². The Hall–Kier alpha value is -1.22. The molecule has 6 heteroatoms. The molecule has 1 aliphatic heterocycles. The molecule has 18 heavy (non-hydrogen) atoms. The zero-order valence-electron chi connectivity index (χ0n) is 9.56. The van der Waals surface area contributed by atoms with Crippen LogP contribution in [0.3, 0.4) is 0 Å². The first-order chi connectivity index (χ1) is 8.54. The first-order valence-electron chi connectivity index (χ1n) is 5.44. The lowest BCUT2D eigenvalue weighted by atomic mass is 10.2. The van der Waals surface area contributed by atoms with Gasteiger partial charge in [-0.15, -0.1) is 0 Å². The van der Waals surface area contributed by atoms with Crippen LogP contribution >= 0.6 is 11.6 Å². The summed E-state index contributed by atoms with van der Waals surface area (Å²) in [7, 11) is -3.26. The van der Waals surface area contributed by atoms with E-state index >= 15 is 0 Å². The second kappa shape index (κ2) is 5.19. The largest absolute Gasteiger partial charge is 0.384 e. The van der Waals surface area contributed by atoms with Gasteiger partial charge in [0.1, 0.15) is 6.61 Å². The molecule has 0 spiro atoms. The van der Waals surface area contributed by atoms with E-state index in [0.29, 0.717) is 29.2 Å². The van der Waals surface area contributed by atoms with Crippen molar-refractivity contribution in [2.24, 2.45) is 0 Å². The van der Waals surface area contributed by atoms with Gasteiger partial charge in [-0.05, 0) is 24.6 Å². The van der Waals surface area contributed by atoms with Crippen LogP contribution in [0.1, 0.15) is 12.0 Å². The fraction of sp³-hybridized carbons (Fsp3) is 0.333. The summed E-state index contributed by atoms with van der Waals surface area (Å²) in [6.45, 7) is 0.172. The topological polar surface area (TPSA) is 57.6 Å². The van der Waals surface area contributed by atoms with Crippen LogP contribution in [-0.2, 0) is 10.0 Å². The van der Waals surface area contributed by atoms with Crippen LogP contribution in [0.2, 0.25) is 5.02 Å². The maximum absolute atomic E-state index is 11.9. The Morgan fingerprint density at radius 3 is 2.83 bits per heavy atom. The van der Waals surface area contributed by atoms with E-state index in [1.54, 1.807) is 18.2 Å². The zero-order chi connectivity index (χ0) is 13.2. The molecule has 1 N–H and O–H groups in total. The van der Waals surface area contributed by atoms with Gasteiger partial charge in [0.05, 0.1) is 11.4 Å². The van der Waals surface area contributed by atoms with Crippen molar-refractivity contribution >= 4 is 27.3 Å². The zero-order valence-corrected chi connectivity index (χ0v) is 11.1. The van der Waals surface area contributed by atoms with Crippen LogP contribution in [0, 0.1) is 11.8 Å². The average molecular weight is 286 g/mol. The maximum Gasteiger partial charge on any atom is 0.235 e. The minimum absolute atomic E-state index is 0.145. The summed E-state index contributed by atoms with van der Waals surface area (Å²) in [5.41, 5.74) is 1.04. The first kappa shape index (κ1) is 13.2. The highest BCUT2D eigenvalue weighted by Crippen LogP contribution is 2.29. The minimum atomic E-state index is -3.26. The van der Waals surface area contributed by atoms with E-state index in [4.69, 9.17) is 16.7 Å². The molecule has 96 valence electrons. The Morgan fingerprint density at radius 2 is 2.22 bits per heavy atom. The summed E-state index contributed by atoms with van der Waals surface area (Å²) < 4.78 is 25.1. The molecule has 1 heterocycles. The molecule has 1 aromatic rings. The highest BCUT2D eigenvalue weighted by molar-refractivity contribution is 7.93. The minimum Gasteiger partial charge on any atom is -0.384 e. The van der Waals surface area contributed by atoms with E-state index < -0.39 is 10.0 Å². The molecule has 0 bridgehead atoms. The normalized spacial score (nSPS) is 17.3. The van der Waals surface area contributed by atoms with Crippen LogP contribution in [0.4, 0.5) is 5.69 Å². The predicted molar refractivity (Wildman–Crippen MR) is 71.2 cm³/mol. The van der Waals surface area contributed by atoms with Gasteiger partial charge in [-0.3, -0.25) is 4.31 Å². The number of halogens is 1. The van der Waals surface area contributed by atoms with Crippen molar-refractivity contribution in [2.45, 2.75) is 6.42 Å². The molecule has 1 fully saturated rings. The molecule has 1 aliphatic rings. The van der Waals surface area contributed by atoms with E-state index in [1.807, 2.05) is 0 Å². The number of aliphatic hydroxyl groups is 1.